The molecule has 2 aromatic rings. The number of halogens is 2. The SMILES string of the molecule is CC(N)c1ccc(OCc2cc(C#N)ccc2F)cc1F. The van der Waals surface area contributed by atoms with E-state index in [4.69, 9.17) is 15.7 Å². The highest BCUT2D eigenvalue weighted by molar-refractivity contribution is 5.34. The molecule has 2 N–H and O–H groups in total. The lowest BCUT2D eigenvalue weighted by Crippen LogP contribution is -2.07. The summed E-state index contributed by atoms with van der Waals surface area (Å²) in [7, 11) is 0. The zero-order chi connectivity index (χ0) is 15.4. The fourth-order valence-electron chi connectivity index (χ4n) is 1.88. The summed E-state index contributed by atoms with van der Waals surface area (Å²) in [5.41, 5.74) is 6.59. The molecule has 21 heavy (non-hydrogen) atoms. The lowest BCUT2D eigenvalue weighted by molar-refractivity contribution is 0.298. The molecule has 1 atom stereocenters. The number of nitriles is 1. The molecule has 0 amide bonds. The second-order valence-electron chi connectivity index (χ2n) is 4.68. The van der Waals surface area contributed by atoms with E-state index in [0.29, 0.717) is 11.1 Å². The van der Waals surface area contributed by atoms with Crippen LogP contribution in [0.5, 0.6) is 5.75 Å². The van der Waals surface area contributed by atoms with E-state index in [9.17, 15) is 8.78 Å². The highest BCUT2D eigenvalue weighted by Gasteiger charge is 2.09. The van der Waals surface area contributed by atoms with Gasteiger partial charge in [0, 0.05) is 23.2 Å². The smallest absolute Gasteiger partial charge is 0.131 e. The van der Waals surface area contributed by atoms with Crippen molar-refractivity contribution in [3.63, 3.8) is 0 Å². The maximum atomic E-state index is 13.7. The Hall–Kier alpha value is -2.45. The summed E-state index contributed by atoms with van der Waals surface area (Å²) in [5, 5.41) is 8.78. The zero-order valence-corrected chi connectivity index (χ0v) is 11.4. The van der Waals surface area contributed by atoms with Crippen molar-refractivity contribution in [2.75, 3.05) is 0 Å². The minimum atomic E-state index is -0.471. The molecule has 0 fully saturated rings. The van der Waals surface area contributed by atoms with Gasteiger partial charge in [0.05, 0.1) is 11.6 Å². The van der Waals surface area contributed by atoms with Crippen LogP contribution in [0.15, 0.2) is 36.4 Å². The van der Waals surface area contributed by atoms with Crippen molar-refractivity contribution in [1.29, 1.82) is 5.26 Å². The van der Waals surface area contributed by atoms with Crippen LogP contribution in [-0.2, 0) is 6.61 Å². The average Bonchev–Trinajstić information content (AvgIpc) is 2.46. The molecule has 0 saturated heterocycles. The Bertz CT molecular complexity index is 693. The number of nitrogens with two attached hydrogens (primary N) is 1. The summed E-state index contributed by atoms with van der Waals surface area (Å²) in [4.78, 5) is 0. The molecule has 1 unspecified atom stereocenters. The Labute approximate surface area is 121 Å². The zero-order valence-electron chi connectivity index (χ0n) is 11.4. The molecule has 0 aliphatic heterocycles. The number of hydrogen-bond acceptors (Lipinski definition) is 3. The van der Waals surface area contributed by atoms with E-state index in [1.54, 1.807) is 13.0 Å². The molecule has 0 spiro atoms. The first kappa shape index (κ1) is 14.9. The first-order valence-electron chi connectivity index (χ1n) is 6.37. The van der Waals surface area contributed by atoms with E-state index in [1.807, 2.05) is 6.07 Å². The first-order chi connectivity index (χ1) is 10.0. The quantitative estimate of drug-likeness (QED) is 0.937. The Balaban J connectivity index is 2.14. The number of ether oxygens (including phenoxy) is 1. The Morgan fingerprint density at radius 2 is 1.95 bits per heavy atom. The second kappa shape index (κ2) is 6.33. The molecule has 0 saturated carbocycles. The van der Waals surface area contributed by atoms with E-state index in [2.05, 4.69) is 0 Å². The average molecular weight is 288 g/mol. The number of hydrogen-bond donors (Lipinski definition) is 1. The van der Waals surface area contributed by atoms with Crippen LogP contribution in [0, 0.1) is 23.0 Å². The molecular formula is C16H14F2N2O. The van der Waals surface area contributed by atoms with Crippen molar-refractivity contribution in [3.8, 4) is 11.8 Å². The number of benzene rings is 2. The van der Waals surface area contributed by atoms with Gasteiger partial charge in [0.2, 0.25) is 0 Å². The van der Waals surface area contributed by atoms with Crippen molar-refractivity contribution in [2.24, 2.45) is 5.73 Å². The molecule has 5 heteroatoms. The van der Waals surface area contributed by atoms with Crippen LogP contribution in [-0.4, -0.2) is 0 Å². The van der Waals surface area contributed by atoms with Crippen molar-refractivity contribution in [2.45, 2.75) is 19.6 Å². The van der Waals surface area contributed by atoms with E-state index in [0.717, 1.165) is 0 Å². The fourth-order valence-corrected chi connectivity index (χ4v) is 1.88. The Morgan fingerprint density at radius 1 is 1.19 bits per heavy atom. The largest absolute Gasteiger partial charge is 0.489 e. The standard InChI is InChI=1S/C16H14F2N2O/c1-10(20)14-4-3-13(7-16(14)18)21-9-12-6-11(8-19)2-5-15(12)17/h2-7,10H,9,20H2,1H3. The highest BCUT2D eigenvalue weighted by Crippen LogP contribution is 2.22. The molecule has 0 radical (unpaired) electrons. The van der Waals surface area contributed by atoms with Crippen LogP contribution in [0.4, 0.5) is 8.78 Å². The third kappa shape index (κ3) is 3.56. The van der Waals surface area contributed by atoms with Crippen LogP contribution in [0.25, 0.3) is 0 Å². The maximum absolute atomic E-state index is 13.7. The molecule has 2 rings (SSSR count). The monoisotopic (exact) mass is 288 g/mol. The molecule has 3 nitrogen and oxygen atoms in total. The van der Waals surface area contributed by atoms with Gasteiger partial charge in [-0.15, -0.1) is 0 Å². The van der Waals surface area contributed by atoms with Crippen molar-refractivity contribution < 1.29 is 13.5 Å². The van der Waals surface area contributed by atoms with Crippen LogP contribution in [0.3, 0.4) is 0 Å². The van der Waals surface area contributed by atoms with Crippen molar-refractivity contribution in [3.05, 3.63) is 64.7 Å². The predicted octanol–water partition coefficient (Wildman–Crippen LogP) is 3.44. The van der Waals surface area contributed by atoms with Gasteiger partial charge in [-0.2, -0.15) is 5.26 Å². The van der Waals surface area contributed by atoms with E-state index < -0.39 is 17.7 Å². The lowest BCUT2D eigenvalue weighted by Gasteiger charge is -2.11. The number of nitrogens with zero attached hydrogens (tertiary/aromatic N) is 1. The second-order valence-corrected chi connectivity index (χ2v) is 4.68. The van der Waals surface area contributed by atoms with Crippen LogP contribution < -0.4 is 10.5 Å². The normalized spacial score (nSPS) is 11.8. The number of rotatable bonds is 4. The van der Waals surface area contributed by atoms with E-state index in [-0.39, 0.29) is 17.9 Å². The van der Waals surface area contributed by atoms with Gasteiger partial charge in [-0.05, 0) is 31.2 Å². The van der Waals surface area contributed by atoms with Gasteiger partial charge in [0.25, 0.3) is 0 Å². The predicted molar refractivity (Wildman–Crippen MR) is 74.4 cm³/mol. The van der Waals surface area contributed by atoms with E-state index in [1.165, 1.54) is 30.3 Å². The summed E-state index contributed by atoms with van der Waals surface area (Å²) in [6.45, 7) is 1.60. The highest BCUT2D eigenvalue weighted by atomic mass is 19.1. The van der Waals surface area contributed by atoms with Crippen LogP contribution >= 0.6 is 0 Å². The van der Waals surface area contributed by atoms with Gasteiger partial charge < -0.3 is 10.5 Å². The Morgan fingerprint density at radius 3 is 2.57 bits per heavy atom. The molecule has 0 aliphatic rings. The maximum Gasteiger partial charge on any atom is 0.131 e. The molecule has 2 aromatic carbocycles. The minimum Gasteiger partial charge on any atom is -0.489 e. The Kier molecular flexibility index (Phi) is 4.51. The third-order valence-electron chi connectivity index (χ3n) is 3.03. The summed E-state index contributed by atoms with van der Waals surface area (Å²) in [5.74, 6) is -0.658. The van der Waals surface area contributed by atoms with Gasteiger partial charge in [-0.1, -0.05) is 6.07 Å². The fraction of sp³-hybridized carbons (Fsp3) is 0.188. The summed E-state index contributed by atoms with van der Waals surface area (Å²) >= 11 is 0. The van der Waals surface area contributed by atoms with Crippen LogP contribution in [0.1, 0.15) is 29.7 Å². The van der Waals surface area contributed by atoms with Gasteiger partial charge in [0.1, 0.15) is 24.0 Å². The van der Waals surface area contributed by atoms with E-state index >= 15 is 0 Å². The van der Waals surface area contributed by atoms with Gasteiger partial charge in [-0.25, -0.2) is 8.78 Å². The molecular weight excluding hydrogens is 274 g/mol. The summed E-state index contributed by atoms with van der Waals surface area (Å²) in [6, 6.07) is 9.84. The van der Waals surface area contributed by atoms with Gasteiger partial charge >= 0.3 is 0 Å². The summed E-state index contributed by atoms with van der Waals surface area (Å²) in [6.07, 6.45) is 0. The topological polar surface area (TPSA) is 59.0 Å². The molecule has 0 heterocycles. The molecule has 108 valence electrons. The first-order valence-corrected chi connectivity index (χ1v) is 6.37. The van der Waals surface area contributed by atoms with Gasteiger partial charge in [-0.3, -0.25) is 0 Å². The van der Waals surface area contributed by atoms with Crippen molar-refractivity contribution >= 4 is 0 Å². The van der Waals surface area contributed by atoms with Crippen LogP contribution in [0.2, 0.25) is 0 Å². The molecule has 0 bridgehead atoms. The third-order valence-corrected chi connectivity index (χ3v) is 3.03. The molecule has 0 aliphatic carbocycles. The minimum absolute atomic E-state index is 0.0850. The van der Waals surface area contributed by atoms with Gasteiger partial charge in [0.15, 0.2) is 0 Å². The summed E-state index contributed by atoms with van der Waals surface area (Å²) < 4.78 is 32.7. The van der Waals surface area contributed by atoms with Crippen molar-refractivity contribution in [1.82, 2.24) is 0 Å². The lowest BCUT2D eigenvalue weighted by atomic mass is 10.1. The molecule has 0 aromatic heterocycles.